The van der Waals surface area contributed by atoms with Gasteiger partial charge in [0.2, 0.25) is 0 Å². The van der Waals surface area contributed by atoms with Gasteiger partial charge in [-0.25, -0.2) is 0 Å². The molecule has 1 fully saturated rings. The van der Waals surface area contributed by atoms with Crippen molar-refractivity contribution >= 4 is 12.0 Å². The van der Waals surface area contributed by atoms with Crippen molar-refractivity contribution in [3.8, 4) is 6.07 Å². The van der Waals surface area contributed by atoms with Crippen LogP contribution >= 0.6 is 0 Å². The minimum Gasteiger partial charge on any atom is -0.481 e. The Hall–Kier alpha value is -2.08. The Morgan fingerprint density at radius 1 is 1.44 bits per heavy atom. The number of carbonyl (C=O) groups is 1. The summed E-state index contributed by atoms with van der Waals surface area (Å²) in [4.78, 5) is 10.6. The summed E-state index contributed by atoms with van der Waals surface area (Å²) in [5.74, 6) is -0.739. The van der Waals surface area contributed by atoms with Gasteiger partial charge in [-0.15, -0.1) is 0 Å². The molecular formula is C13H11NO2. The molecule has 1 aromatic rings. The van der Waals surface area contributed by atoms with Gasteiger partial charge in [0, 0.05) is 0 Å². The smallest absolute Gasteiger partial charge is 0.307 e. The molecule has 0 aliphatic heterocycles. The number of carboxylic acid groups (broad SMARTS) is 1. The number of aliphatic carboxylic acids is 1. The molecule has 0 radical (unpaired) electrons. The van der Waals surface area contributed by atoms with Gasteiger partial charge < -0.3 is 5.11 Å². The molecule has 2 rings (SSSR count). The molecule has 3 heteroatoms. The Labute approximate surface area is 93.6 Å². The van der Waals surface area contributed by atoms with Crippen LogP contribution < -0.4 is 0 Å². The molecule has 3 nitrogen and oxygen atoms in total. The van der Waals surface area contributed by atoms with E-state index >= 15 is 0 Å². The zero-order chi connectivity index (χ0) is 11.5. The molecule has 0 saturated heterocycles. The van der Waals surface area contributed by atoms with Gasteiger partial charge in [0.1, 0.15) is 0 Å². The Morgan fingerprint density at radius 3 is 2.62 bits per heavy atom. The molecule has 0 unspecified atom stereocenters. The number of carboxylic acids is 1. The molecule has 1 N–H and O–H groups in total. The highest BCUT2D eigenvalue weighted by Crippen LogP contribution is 2.40. The van der Waals surface area contributed by atoms with Crippen LogP contribution in [0.15, 0.2) is 30.3 Å². The third-order valence-corrected chi connectivity index (χ3v) is 2.73. The number of hydrogen-bond acceptors (Lipinski definition) is 2. The van der Waals surface area contributed by atoms with Crippen LogP contribution in [0.3, 0.4) is 0 Å². The summed E-state index contributed by atoms with van der Waals surface area (Å²) in [5, 5.41) is 17.3. The molecule has 80 valence electrons. The highest BCUT2D eigenvalue weighted by atomic mass is 16.4. The maximum absolute atomic E-state index is 10.6. The fourth-order valence-electron chi connectivity index (χ4n) is 1.61. The Balaban J connectivity index is 1.97. The van der Waals surface area contributed by atoms with Crippen LogP contribution in [0.5, 0.6) is 0 Å². The molecule has 0 aromatic heterocycles. The van der Waals surface area contributed by atoms with Crippen LogP contribution in [0, 0.1) is 23.2 Å². The van der Waals surface area contributed by atoms with E-state index < -0.39 is 5.97 Å². The van der Waals surface area contributed by atoms with Gasteiger partial charge in [0.15, 0.2) is 0 Å². The first-order chi connectivity index (χ1) is 7.70. The topological polar surface area (TPSA) is 61.1 Å². The first kappa shape index (κ1) is 10.4. The van der Waals surface area contributed by atoms with E-state index in [2.05, 4.69) is 6.07 Å². The predicted molar refractivity (Wildman–Crippen MR) is 59.4 cm³/mol. The molecule has 1 aromatic carbocycles. The van der Waals surface area contributed by atoms with E-state index in [9.17, 15) is 4.79 Å². The maximum atomic E-state index is 10.6. The molecule has 0 amide bonds. The molecular weight excluding hydrogens is 202 g/mol. The minimum atomic E-state index is -0.713. The van der Waals surface area contributed by atoms with E-state index in [0.717, 1.165) is 12.0 Å². The normalized spacial score (nSPS) is 22.9. The van der Waals surface area contributed by atoms with Crippen LogP contribution in [0.25, 0.3) is 6.08 Å². The molecule has 16 heavy (non-hydrogen) atoms. The zero-order valence-electron chi connectivity index (χ0n) is 8.63. The van der Waals surface area contributed by atoms with Gasteiger partial charge in [-0.05, 0) is 30.0 Å². The quantitative estimate of drug-likeness (QED) is 0.837. The van der Waals surface area contributed by atoms with Crippen molar-refractivity contribution in [3.63, 3.8) is 0 Å². The predicted octanol–water partition coefficient (Wildman–Crippen LogP) is 2.29. The zero-order valence-corrected chi connectivity index (χ0v) is 8.63. The van der Waals surface area contributed by atoms with Gasteiger partial charge in [-0.1, -0.05) is 24.3 Å². The van der Waals surface area contributed by atoms with E-state index in [1.165, 1.54) is 0 Å². The van der Waals surface area contributed by atoms with Crippen LogP contribution in [-0.4, -0.2) is 11.1 Å². The lowest BCUT2D eigenvalue weighted by Gasteiger charge is -1.93. The molecule has 1 saturated carbocycles. The summed E-state index contributed by atoms with van der Waals surface area (Å²) in [6, 6.07) is 9.26. The van der Waals surface area contributed by atoms with Gasteiger partial charge in [0.25, 0.3) is 0 Å². The number of benzene rings is 1. The lowest BCUT2D eigenvalue weighted by molar-refractivity contribution is -0.138. The van der Waals surface area contributed by atoms with Crippen molar-refractivity contribution in [1.29, 1.82) is 5.26 Å². The number of nitrogens with zero attached hydrogens (tertiary/aromatic N) is 1. The summed E-state index contributed by atoms with van der Waals surface area (Å²) in [6.07, 6.45) is 4.58. The van der Waals surface area contributed by atoms with Gasteiger partial charge in [-0.3, -0.25) is 4.79 Å². The van der Waals surface area contributed by atoms with Gasteiger partial charge in [0.05, 0.1) is 17.6 Å². The number of nitriles is 1. The molecule has 0 heterocycles. The van der Waals surface area contributed by atoms with Gasteiger partial charge >= 0.3 is 5.97 Å². The van der Waals surface area contributed by atoms with E-state index in [0.29, 0.717) is 5.56 Å². The first-order valence-corrected chi connectivity index (χ1v) is 5.12. The second-order valence-electron chi connectivity index (χ2n) is 3.94. The highest BCUT2D eigenvalue weighted by molar-refractivity contribution is 5.74. The third-order valence-electron chi connectivity index (χ3n) is 2.73. The minimum absolute atomic E-state index is 0.174. The van der Waals surface area contributed by atoms with Crippen LogP contribution in [0.2, 0.25) is 0 Å². The Kier molecular flexibility index (Phi) is 2.74. The summed E-state index contributed by atoms with van der Waals surface area (Å²) in [5.41, 5.74) is 1.63. The largest absolute Gasteiger partial charge is 0.481 e. The summed E-state index contributed by atoms with van der Waals surface area (Å²) in [6.45, 7) is 0. The van der Waals surface area contributed by atoms with Crippen molar-refractivity contribution in [1.82, 2.24) is 0 Å². The van der Waals surface area contributed by atoms with Crippen LogP contribution in [-0.2, 0) is 4.79 Å². The van der Waals surface area contributed by atoms with Gasteiger partial charge in [-0.2, -0.15) is 5.26 Å². The average molecular weight is 213 g/mol. The van der Waals surface area contributed by atoms with Crippen molar-refractivity contribution < 1.29 is 9.90 Å². The Bertz CT molecular complexity index is 468. The first-order valence-electron chi connectivity index (χ1n) is 5.12. The molecule has 2 atom stereocenters. The highest BCUT2D eigenvalue weighted by Gasteiger charge is 2.40. The second kappa shape index (κ2) is 4.19. The lowest BCUT2D eigenvalue weighted by atomic mass is 10.1. The molecule has 1 aliphatic carbocycles. The van der Waals surface area contributed by atoms with Crippen molar-refractivity contribution in [2.45, 2.75) is 6.42 Å². The van der Waals surface area contributed by atoms with E-state index in [1.807, 2.05) is 24.3 Å². The van der Waals surface area contributed by atoms with E-state index in [4.69, 9.17) is 10.4 Å². The summed E-state index contributed by atoms with van der Waals surface area (Å²) in [7, 11) is 0. The third kappa shape index (κ3) is 2.29. The lowest BCUT2D eigenvalue weighted by Crippen LogP contribution is -1.97. The van der Waals surface area contributed by atoms with Crippen LogP contribution in [0.4, 0.5) is 0 Å². The van der Waals surface area contributed by atoms with Crippen molar-refractivity contribution in [2.75, 3.05) is 0 Å². The number of allylic oxidation sites excluding steroid dienone is 1. The second-order valence-corrected chi connectivity index (χ2v) is 3.94. The molecule has 0 spiro atoms. The molecule has 1 aliphatic rings. The summed E-state index contributed by atoms with van der Waals surface area (Å²) >= 11 is 0. The Morgan fingerprint density at radius 2 is 2.12 bits per heavy atom. The molecule has 0 bridgehead atoms. The standard InChI is InChI=1S/C13H11NO2/c14-8-10-3-1-9(2-4-10)5-6-11-7-12(11)13(15)16/h1-6,11-12H,7H2,(H,15,16)/t11-,12-/m0/s1. The average Bonchev–Trinajstić information content (AvgIpc) is 3.06. The van der Waals surface area contributed by atoms with Crippen LogP contribution in [0.1, 0.15) is 17.5 Å². The SMILES string of the molecule is N#Cc1ccc(C=C[C@H]2C[C@@H]2C(=O)O)cc1. The summed E-state index contributed by atoms with van der Waals surface area (Å²) < 4.78 is 0. The number of hydrogen-bond donors (Lipinski definition) is 1. The van der Waals surface area contributed by atoms with Crippen molar-refractivity contribution in [3.05, 3.63) is 41.5 Å². The fraction of sp³-hybridized carbons (Fsp3) is 0.231. The maximum Gasteiger partial charge on any atom is 0.307 e. The monoisotopic (exact) mass is 213 g/mol. The number of rotatable bonds is 3. The van der Waals surface area contributed by atoms with Crippen molar-refractivity contribution in [2.24, 2.45) is 11.8 Å². The fourth-order valence-corrected chi connectivity index (χ4v) is 1.61. The van der Waals surface area contributed by atoms with E-state index in [-0.39, 0.29) is 11.8 Å². The van der Waals surface area contributed by atoms with E-state index in [1.54, 1.807) is 12.1 Å².